The van der Waals surface area contributed by atoms with Crippen molar-refractivity contribution in [1.29, 1.82) is 0 Å². The van der Waals surface area contributed by atoms with Crippen molar-refractivity contribution in [3.05, 3.63) is 33.9 Å². The Hall–Kier alpha value is -2.11. The molecule has 0 saturated heterocycles. The minimum Gasteiger partial charge on any atom is -0.466 e. The summed E-state index contributed by atoms with van der Waals surface area (Å²) in [5.74, 6) is -0.204. The van der Waals surface area contributed by atoms with Gasteiger partial charge in [0.1, 0.15) is 0 Å². The highest BCUT2D eigenvalue weighted by Gasteiger charge is 2.09. The van der Waals surface area contributed by atoms with Crippen LogP contribution in [0.5, 0.6) is 0 Å². The summed E-state index contributed by atoms with van der Waals surface area (Å²) in [6.07, 6.45) is 1.03. The van der Waals surface area contributed by atoms with Crippen LogP contribution in [0.3, 0.4) is 0 Å². The molecular weight excluding hydrogens is 248 g/mol. The first kappa shape index (κ1) is 14.9. The largest absolute Gasteiger partial charge is 0.466 e. The third kappa shape index (κ3) is 4.95. The number of esters is 1. The van der Waals surface area contributed by atoms with E-state index in [9.17, 15) is 14.9 Å². The number of carbonyl (C=O) groups excluding carboxylic acids is 1. The molecule has 0 atom stereocenters. The summed E-state index contributed by atoms with van der Waals surface area (Å²) < 4.78 is 4.81. The van der Waals surface area contributed by atoms with Gasteiger partial charge in [0.05, 0.1) is 11.5 Å². The predicted molar refractivity (Wildman–Crippen MR) is 72.2 cm³/mol. The second-order valence-corrected chi connectivity index (χ2v) is 4.09. The van der Waals surface area contributed by atoms with Gasteiger partial charge in [-0.3, -0.25) is 14.9 Å². The number of nitrogens with zero attached hydrogens (tertiary/aromatic N) is 1. The Kier molecular flexibility index (Phi) is 5.78. The zero-order valence-electron chi connectivity index (χ0n) is 11.1. The van der Waals surface area contributed by atoms with E-state index in [2.05, 4.69) is 5.32 Å². The van der Waals surface area contributed by atoms with Crippen LogP contribution >= 0.6 is 0 Å². The molecule has 0 bridgehead atoms. The van der Waals surface area contributed by atoms with Crippen LogP contribution < -0.4 is 5.32 Å². The van der Waals surface area contributed by atoms with Crippen LogP contribution in [0.1, 0.15) is 25.3 Å². The van der Waals surface area contributed by atoms with Crippen LogP contribution in [-0.2, 0) is 9.53 Å². The first-order chi connectivity index (χ1) is 9.04. The first-order valence-corrected chi connectivity index (χ1v) is 6.19. The first-order valence-electron chi connectivity index (χ1n) is 6.19. The second-order valence-electron chi connectivity index (χ2n) is 4.09. The molecule has 1 rings (SSSR count). The third-order valence-electron chi connectivity index (χ3n) is 2.59. The van der Waals surface area contributed by atoms with Crippen LogP contribution in [0, 0.1) is 17.0 Å². The highest BCUT2D eigenvalue weighted by molar-refractivity contribution is 5.69. The molecule has 0 saturated carbocycles. The number of nitro benzene ring substituents is 1. The molecule has 0 aliphatic heterocycles. The highest BCUT2D eigenvalue weighted by atomic mass is 16.6. The lowest BCUT2D eigenvalue weighted by atomic mass is 10.2. The highest BCUT2D eigenvalue weighted by Crippen LogP contribution is 2.21. The maximum Gasteiger partial charge on any atom is 0.305 e. The summed E-state index contributed by atoms with van der Waals surface area (Å²) in [6, 6.07) is 4.86. The Morgan fingerprint density at radius 2 is 2.21 bits per heavy atom. The van der Waals surface area contributed by atoms with Gasteiger partial charge < -0.3 is 10.1 Å². The van der Waals surface area contributed by atoms with Gasteiger partial charge in [0, 0.05) is 30.3 Å². The minimum absolute atomic E-state index is 0.108. The lowest BCUT2D eigenvalue weighted by molar-refractivity contribution is -0.385. The van der Waals surface area contributed by atoms with E-state index in [1.165, 1.54) is 6.07 Å². The number of rotatable bonds is 7. The van der Waals surface area contributed by atoms with Crippen molar-refractivity contribution in [2.75, 3.05) is 18.5 Å². The number of hydrogen-bond donors (Lipinski definition) is 1. The molecule has 0 radical (unpaired) electrons. The fraction of sp³-hybridized carbons (Fsp3) is 0.462. The average molecular weight is 266 g/mol. The van der Waals surface area contributed by atoms with E-state index >= 15 is 0 Å². The van der Waals surface area contributed by atoms with Crippen molar-refractivity contribution in [1.82, 2.24) is 0 Å². The van der Waals surface area contributed by atoms with Gasteiger partial charge in [-0.2, -0.15) is 0 Å². The minimum atomic E-state index is -0.403. The summed E-state index contributed by atoms with van der Waals surface area (Å²) >= 11 is 0. The maximum absolute atomic E-state index is 11.1. The number of carbonyl (C=O) groups is 1. The molecular formula is C13H18N2O4. The van der Waals surface area contributed by atoms with E-state index in [-0.39, 0.29) is 11.7 Å². The van der Waals surface area contributed by atoms with Crippen molar-refractivity contribution in [3.8, 4) is 0 Å². The monoisotopic (exact) mass is 266 g/mol. The summed E-state index contributed by atoms with van der Waals surface area (Å²) in [5.41, 5.74) is 1.53. The topological polar surface area (TPSA) is 81.5 Å². The number of anilines is 1. The van der Waals surface area contributed by atoms with Gasteiger partial charge in [-0.1, -0.05) is 0 Å². The molecule has 1 N–H and O–H groups in total. The van der Waals surface area contributed by atoms with Gasteiger partial charge in [-0.05, 0) is 32.4 Å². The zero-order valence-corrected chi connectivity index (χ0v) is 11.1. The van der Waals surface area contributed by atoms with Crippen molar-refractivity contribution < 1.29 is 14.5 Å². The van der Waals surface area contributed by atoms with E-state index in [1.54, 1.807) is 26.0 Å². The van der Waals surface area contributed by atoms with Gasteiger partial charge in [0.2, 0.25) is 0 Å². The zero-order chi connectivity index (χ0) is 14.3. The van der Waals surface area contributed by atoms with Gasteiger partial charge in [0.15, 0.2) is 0 Å². The summed E-state index contributed by atoms with van der Waals surface area (Å²) in [6.45, 7) is 4.49. The molecule has 1 aromatic rings. The summed E-state index contributed by atoms with van der Waals surface area (Å²) in [5, 5.41) is 13.8. The van der Waals surface area contributed by atoms with Crippen molar-refractivity contribution in [2.45, 2.75) is 26.7 Å². The smallest absolute Gasteiger partial charge is 0.305 e. The Bertz CT molecular complexity index is 460. The van der Waals surface area contributed by atoms with Crippen LogP contribution in [0.2, 0.25) is 0 Å². The van der Waals surface area contributed by atoms with E-state index < -0.39 is 4.92 Å². The molecule has 0 unspecified atom stereocenters. The van der Waals surface area contributed by atoms with E-state index in [0.717, 1.165) is 5.69 Å². The van der Waals surface area contributed by atoms with Gasteiger partial charge in [-0.15, -0.1) is 0 Å². The lowest BCUT2D eigenvalue weighted by Crippen LogP contribution is -2.08. The standard InChI is InChI=1S/C13H18N2O4/c1-3-19-13(16)5-4-8-14-11-6-7-12(15(17)18)10(2)9-11/h6-7,9,14H,3-5,8H2,1-2H3. The number of ether oxygens (including phenoxy) is 1. The average Bonchev–Trinajstić information content (AvgIpc) is 2.34. The second kappa shape index (κ2) is 7.35. The molecule has 6 heteroatoms. The SMILES string of the molecule is CCOC(=O)CCCNc1ccc([N+](=O)[O-])c(C)c1. The number of nitrogens with one attached hydrogen (secondary N) is 1. The van der Waals surface area contributed by atoms with Crippen molar-refractivity contribution in [2.24, 2.45) is 0 Å². The summed E-state index contributed by atoms with van der Waals surface area (Å²) in [7, 11) is 0. The molecule has 0 spiro atoms. The molecule has 0 fully saturated rings. The quantitative estimate of drug-likeness (QED) is 0.355. The van der Waals surface area contributed by atoms with E-state index in [1.807, 2.05) is 0 Å². The van der Waals surface area contributed by atoms with Crippen LogP contribution in [0.15, 0.2) is 18.2 Å². The Labute approximate surface area is 111 Å². The summed E-state index contributed by atoms with van der Waals surface area (Å²) in [4.78, 5) is 21.4. The number of nitro groups is 1. The molecule has 0 aromatic heterocycles. The lowest BCUT2D eigenvalue weighted by Gasteiger charge is -2.07. The third-order valence-corrected chi connectivity index (χ3v) is 2.59. The molecule has 0 aliphatic rings. The van der Waals surface area contributed by atoms with Gasteiger partial charge in [0.25, 0.3) is 5.69 Å². The van der Waals surface area contributed by atoms with Crippen molar-refractivity contribution in [3.63, 3.8) is 0 Å². The van der Waals surface area contributed by atoms with E-state index in [0.29, 0.717) is 31.6 Å². The van der Waals surface area contributed by atoms with Crippen LogP contribution in [0.4, 0.5) is 11.4 Å². The fourth-order valence-corrected chi connectivity index (χ4v) is 1.67. The normalized spacial score (nSPS) is 10.0. The Morgan fingerprint density at radius 1 is 1.47 bits per heavy atom. The van der Waals surface area contributed by atoms with Crippen LogP contribution in [0.25, 0.3) is 0 Å². The predicted octanol–water partition coefficient (Wildman–Crippen LogP) is 2.66. The molecule has 0 heterocycles. The Morgan fingerprint density at radius 3 is 2.79 bits per heavy atom. The number of benzene rings is 1. The fourth-order valence-electron chi connectivity index (χ4n) is 1.67. The van der Waals surface area contributed by atoms with Gasteiger partial charge in [-0.25, -0.2) is 0 Å². The molecule has 1 aromatic carbocycles. The van der Waals surface area contributed by atoms with E-state index in [4.69, 9.17) is 4.74 Å². The van der Waals surface area contributed by atoms with Gasteiger partial charge >= 0.3 is 5.97 Å². The van der Waals surface area contributed by atoms with Crippen molar-refractivity contribution >= 4 is 17.3 Å². The molecule has 6 nitrogen and oxygen atoms in total. The maximum atomic E-state index is 11.1. The Balaban J connectivity index is 2.40. The number of aryl methyl sites for hydroxylation is 1. The van der Waals surface area contributed by atoms with Crippen LogP contribution in [-0.4, -0.2) is 24.0 Å². The molecule has 0 aliphatic carbocycles. The molecule has 0 amide bonds. The molecule has 104 valence electrons. The number of hydrogen-bond acceptors (Lipinski definition) is 5. The molecule has 19 heavy (non-hydrogen) atoms.